The third-order valence-electron chi connectivity index (χ3n) is 4.53. The average Bonchev–Trinajstić information content (AvgIpc) is 3.33. The van der Waals surface area contributed by atoms with E-state index in [1.54, 1.807) is 30.3 Å². The largest absolute Gasteiger partial charge is 0.454 e. The maximum Gasteiger partial charge on any atom is 0.349 e. The molecular weight excluding hydrogens is 413 g/mol. The highest BCUT2D eigenvalue weighted by Crippen LogP contribution is 2.35. The van der Waals surface area contributed by atoms with E-state index in [4.69, 9.17) is 18.9 Å². The Morgan fingerprint density at radius 1 is 1.23 bits per heavy atom. The maximum atomic E-state index is 14.3. The smallest absolute Gasteiger partial charge is 0.349 e. The Hall–Kier alpha value is -3.17. The Balaban J connectivity index is 1.50. The Labute approximate surface area is 175 Å². The molecule has 7 nitrogen and oxygen atoms in total. The molecule has 0 bridgehead atoms. The van der Waals surface area contributed by atoms with Crippen molar-refractivity contribution in [3.8, 4) is 11.5 Å². The molecule has 0 saturated heterocycles. The average molecular weight is 431 g/mol. The molecule has 3 aromatic rings. The first-order chi connectivity index (χ1) is 14.5. The molecule has 0 radical (unpaired) electrons. The molecule has 2 aromatic carbocycles. The Morgan fingerprint density at radius 3 is 2.83 bits per heavy atom. The van der Waals surface area contributed by atoms with Gasteiger partial charge in [-0.05, 0) is 31.2 Å². The second kappa shape index (κ2) is 8.29. The molecule has 0 unspecified atom stereocenters. The number of esters is 1. The summed E-state index contributed by atoms with van der Waals surface area (Å²) in [5, 5.41) is 3.00. The van der Waals surface area contributed by atoms with Crippen molar-refractivity contribution in [3.63, 3.8) is 0 Å². The van der Waals surface area contributed by atoms with E-state index >= 15 is 0 Å². The van der Waals surface area contributed by atoms with Crippen molar-refractivity contribution in [2.75, 3.05) is 19.2 Å². The lowest BCUT2D eigenvalue weighted by atomic mass is 10.1. The first-order valence-corrected chi connectivity index (χ1v) is 9.90. The molecule has 4 rings (SSSR count). The predicted octanol–water partition coefficient (Wildman–Crippen LogP) is 4.10. The number of carbonyl (C=O) groups is 2. The van der Waals surface area contributed by atoms with Gasteiger partial charge >= 0.3 is 5.97 Å². The highest BCUT2D eigenvalue weighted by atomic mass is 32.1. The number of rotatable bonds is 6. The first kappa shape index (κ1) is 20.1. The molecule has 0 saturated carbocycles. The molecule has 2 heterocycles. The zero-order valence-electron chi connectivity index (χ0n) is 16.2. The van der Waals surface area contributed by atoms with Crippen molar-refractivity contribution in [1.82, 2.24) is 0 Å². The van der Waals surface area contributed by atoms with Crippen molar-refractivity contribution in [3.05, 3.63) is 52.7 Å². The second-order valence-corrected chi connectivity index (χ2v) is 7.61. The van der Waals surface area contributed by atoms with Gasteiger partial charge in [0.05, 0.1) is 6.61 Å². The number of fused-ring (bicyclic) bond motifs is 2. The third kappa shape index (κ3) is 3.81. The van der Waals surface area contributed by atoms with Gasteiger partial charge in [0.25, 0.3) is 5.91 Å². The van der Waals surface area contributed by atoms with Crippen LogP contribution in [0.1, 0.15) is 22.2 Å². The summed E-state index contributed by atoms with van der Waals surface area (Å²) in [6.45, 7) is 1.63. The van der Waals surface area contributed by atoms with Crippen molar-refractivity contribution in [2.45, 2.75) is 19.6 Å². The molecule has 1 aliphatic heterocycles. The molecule has 156 valence electrons. The van der Waals surface area contributed by atoms with Crippen molar-refractivity contribution >= 4 is 39.0 Å². The topological polar surface area (TPSA) is 83.1 Å². The number of thiophene rings is 1. The summed E-state index contributed by atoms with van der Waals surface area (Å²) in [4.78, 5) is 25.4. The van der Waals surface area contributed by atoms with Gasteiger partial charge in [-0.25, -0.2) is 9.18 Å². The summed E-state index contributed by atoms with van der Waals surface area (Å²) in [5.41, 5.74) is 0.889. The zero-order chi connectivity index (χ0) is 21.3. The van der Waals surface area contributed by atoms with Crippen LogP contribution in [0.2, 0.25) is 0 Å². The van der Waals surface area contributed by atoms with Crippen LogP contribution in [0.15, 0.2) is 36.4 Å². The molecule has 1 N–H and O–H groups in total. The van der Waals surface area contributed by atoms with E-state index in [1.807, 2.05) is 0 Å². The van der Waals surface area contributed by atoms with E-state index in [9.17, 15) is 14.0 Å². The molecule has 1 aliphatic rings. The highest BCUT2D eigenvalue weighted by Gasteiger charge is 2.26. The van der Waals surface area contributed by atoms with Gasteiger partial charge in [0.2, 0.25) is 6.79 Å². The van der Waals surface area contributed by atoms with E-state index in [2.05, 4.69) is 5.32 Å². The van der Waals surface area contributed by atoms with E-state index in [0.29, 0.717) is 32.8 Å². The number of amides is 1. The van der Waals surface area contributed by atoms with Crippen molar-refractivity contribution in [1.29, 1.82) is 0 Å². The molecule has 30 heavy (non-hydrogen) atoms. The number of halogens is 1. The SMILES string of the molecule is COCc1c(C(=O)O[C@@H](C)C(=O)Nc2ccc3c(c2)OCO3)sc2cccc(F)c12. The summed E-state index contributed by atoms with van der Waals surface area (Å²) in [5.74, 6) is -0.550. The Bertz CT molecular complexity index is 1130. The number of carbonyl (C=O) groups excluding carboxylic acids is 2. The highest BCUT2D eigenvalue weighted by molar-refractivity contribution is 7.21. The molecule has 1 amide bonds. The Morgan fingerprint density at radius 2 is 2.03 bits per heavy atom. The monoisotopic (exact) mass is 431 g/mol. The molecular formula is C21H18FNO6S. The van der Waals surface area contributed by atoms with E-state index in [0.717, 1.165) is 11.3 Å². The van der Waals surface area contributed by atoms with Crippen LogP contribution in [0.4, 0.5) is 10.1 Å². The van der Waals surface area contributed by atoms with Gasteiger partial charge in [0, 0.05) is 34.5 Å². The van der Waals surface area contributed by atoms with Crippen molar-refractivity contribution in [2.24, 2.45) is 0 Å². The van der Waals surface area contributed by atoms with Crippen LogP contribution in [-0.4, -0.2) is 31.9 Å². The van der Waals surface area contributed by atoms with Crippen LogP contribution in [0, 0.1) is 5.82 Å². The normalized spacial score (nSPS) is 13.3. The predicted molar refractivity (Wildman–Crippen MR) is 109 cm³/mol. The summed E-state index contributed by atoms with van der Waals surface area (Å²) < 4.78 is 35.9. The van der Waals surface area contributed by atoms with Gasteiger partial charge in [-0.2, -0.15) is 0 Å². The number of methoxy groups -OCH3 is 1. The fraction of sp³-hybridized carbons (Fsp3) is 0.238. The second-order valence-electron chi connectivity index (χ2n) is 6.56. The number of benzene rings is 2. The number of anilines is 1. The summed E-state index contributed by atoms with van der Waals surface area (Å²) >= 11 is 1.10. The lowest BCUT2D eigenvalue weighted by Gasteiger charge is -2.14. The van der Waals surface area contributed by atoms with Crippen LogP contribution in [-0.2, 0) is 20.9 Å². The van der Waals surface area contributed by atoms with E-state index < -0.39 is 23.8 Å². The number of nitrogens with one attached hydrogen (secondary N) is 1. The van der Waals surface area contributed by atoms with Gasteiger partial charge in [-0.3, -0.25) is 4.79 Å². The number of hydrogen-bond acceptors (Lipinski definition) is 7. The van der Waals surface area contributed by atoms with Crippen molar-refractivity contribution < 1.29 is 32.9 Å². The summed E-state index contributed by atoms with van der Waals surface area (Å²) in [6, 6.07) is 9.57. The quantitative estimate of drug-likeness (QED) is 0.592. The zero-order valence-corrected chi connectivity index (χ0v) is 17.0. The van der Waals surface area contributed by atoms with Gasteiger partial charge in [-0.1, -0.05) is 6.07 Å². The van der Waals surface area contributed by atoms with Gasteiger partial charge in [-0.15, -0.1) is 11.3 Å². The fourth-order valence-electron chi connectivity index (χ4n) is 3.10. The minimum Gasteiger partial charge on any atom is -0.454 e. The molecule has 1 atom stereocenters. The van der Waals surface area contributed by atoms with Crippen LogP contribution in [0.5, 0.6) is 11.5 Å². The van der Waals surface area contributed by atoms with Crippen LogP contribution in [0.25, 0.3) is 10.1 Å². The van der Waals surface area contributed by atoms with Gasteiger partial charge in [0.1, 0.15) is 10.7 Å². The van der Waals surface area contributed by atoms with Crippen LogP contribution < -0.4 is 14.8 Å². The van der Waals surface area contributed by atoms with E-state index in [-0.39, 0.29) is 18.3 Å². The minimum absolute atomic E-state index is 0.0448. The van der Waals surface area contributed by atoms with Crippen LogP contribution in [0.3, 0.4) is 0 Å². The molecule has 1 aromatic heterocycles. The summed E-state index contributed by atoms with van der Waals surface area (Å²) in [6.07, 6.45) is -1.08. The van der Waals surface area contributed by atoms with E-state index in [1.165, 1.54) is 20.1 Å². The number of hydrogen-bond donors (Lipinski definition) is 1. The Kier molecular flexibility index (Phi) is 5.56. The lowest BCUT2D eigenvalue weighted by Crippen LogP contribution is -2.30. The van der Waals surface area contributed by atoms with Crippen LogP contribution >= 0.6 is 11.3 Å². The lowest BCUT2D eigenvalue weighted by molar-refractivity contribution is -0.123. The molecule has 9 heteroatoms. The maximum absolute atomic E-state index is 14.3. The molecule has 0 aliphatic carbocycles. The molecule has 0 fully saturated rings. The van der Waals surface area contributed by atoms with Gasteiger partial charge in [0.15, 0.2) is 17.6 Å². The first-order valence-electron chi connectivity index (χ1n) is 9.08. The standard InChI is InChI=1S/C21H18FNO6S/c1-11(20(24)23-12-6-7-15-16(8-12)28-10-27-15)29-21(25)19-13(9-26-2)18-14(22)4-3-5-17(18)30-19/h3-8,11H,9-10H2,1-2H3,(H,23,24)/t11-/m0/s1. The third-order valence-corrected chi connectivity index (χ3v) is 5.71. The number of ether oxygens (including phenoxy) is 4. The van der Waals surface area contributed by atoms with Gasteiger partial charge < -0.3 is 24.3 Å². The minimum atomic E-state index is -1.08. The fourth-order valence-corrected chi connectivity index (χ4v) is 4.20. The molecule has 0 spiro atoms. The summed E-state index contributed by atoms with van der Waals surface area (Å²) in [7, 11) is 1.46.